The van der Waals surface area contributed by atoms with E-state index >= 15 is 0 Å². The number of aliphatic hydroxyl groups excluding tert-OH is 3. The fourth-order valence-corrected chi connectivity index (χ4v) is 2.14. The van der Waals surface area contributed by atoms with E-state index in [1.54, 1.807) is 0 Å². The Morgan fingerprint density at radius 2 is 2.18 bits per heavy atom. The summed E-state index contributed by atoms with van der Waals surface area (Å²) in [5.74, 6) is 0. The van der Waals surface area contributed by atoms with Gasteiger partial charge < -0.3 is 20.1 Å². The van der Waals surface area contributed by atoms with E-state index in [2.05, 4.69) is 4.98 Å². The second kappa shape index (κ2) is 4.98. The monoisotopic (exact) mass is 354 g/mol. The molecule has 17 heavy (non-hydrogen) atoms. The summed E-state index contributed by atoms with van der Waals surface area (Å²) >= 11 is 1.96. The summed E-state index contributed by atoms with van der Waals surface area (Å²) in [7, 11) is 0. The summed E-state index contributed by atoms with van der Waals surface area (Å²) in [4.78, 5) is 15.1. The highest BCUT2D eigenvalue weighted by atomic mass is 127. The van der Waals surface area contributed by atoms with Crippen LogP contribution in [0.5, 0.6) is 0 Å². The molecule has 0 aliphatic carbocycles. The summed E-state index contributed by atoms with van der Waals surface area (Å²) in [6.07, 6.45) is -1.58. The lowest BCUT2D eigenvalue weighted by atomic mass is 10.1. The van der Waals surface area contributed by atoms with Gasteiger partial charge in [-0.25, -0.2) is 9.78 Å². The Kier molecular flexibility index (Phi) is 3.78. The number of nitrogens with zero attached hydrogens (tertiary/aromatic N) is 2. The number of hydrogen-bond donors (Lipinski definition) is 3. The molecule has 1 aromatic rings. The third kappa shape index (κ3) is 2.36. The van der Waals surface area contributed by atoms with Crippen molar-refractivity contribution in [2.75, 3.05) is 6.61 Å². The molecule has 1 aliphatic rings. The minimum Gasteiger partial charge on any atom is -0.394 e. The first kappa shape index (κ1) is 12.9. The molecular weight excluding hydrogens is 343 g/mol. The first-order valence-corrected chi connectivity index (χ1v) is 5.98. The van der Waals surface area contributed by atoms with E-state index < -0.39 is 36.8 Å². The van der Waals surface area contributed by atoms with Crippen LogP contribution in [0.1, 0.15) is 6.23 Å². The SMILES string of the molecule is O=c1ncc(I)cn1C1OC(CO)C(O)C1O. The van der Waals surface area contributed by atoms with Crippen LogP contribution in [-0.2, 0) is 4.74 Å². The van der Waals surface area contributed by atoms with Gasteiger partial charge in [-0.05, 0) is 22.6 Å². The van der Waals surface area contributed by atoms with E-state index in [1.807, 2.05) is 22.6 Å². The van der Waals surface area contributed by atoms with Gasteiger partial charge in [-0.15, -0.1) is 0 Å². The predicted molar refractivity (Wildman–Crippen MR) is 64.2 cm³/mol. The van der Waals surface area contributed by atoms with Gasteiger partial charge in [-0.3, -0.25) is 4.57 Å². The topological polar surface area (TPSA) is 105 Å². The van der Waals surface area contributed by atoms with Gasteiger partial charge in [-0.2, -0.15) is 0 Å². The number of aromatic nitrogens is 2. The Balaban J connectivity index is 2.35. The third-order valence-corrected chi connectivity index (χ3v) is 3.13. The van der Waals surface area contributed by atoms with Crippen LogP contribution in [-0.4, -0.2) is 49.8 Å². The lowest BCUT2D eigenvalue weighted by Crippen LogP contribution is -2.36. The van der Waals surface area contributed by atoms with Crippen LogP contribution in [0.2, 0.25) is 0 Å². The minimum atomic E-state index is -1.27. The van der Waals surface area contributed by atoms with Crippen molar-refractivity contribution in [3.05, 3.63) is 26.4 Å². The van der Waals surface area contributed by atoms with Crippen LogP contribution in [0, 0.1) is 3.57 Å². The van der Waals surface area contributed by atoms with Crippen LogP contribution >= 0.6 is 22.6 Å². The quantitative estimate of drug-likeness (QED) is 0.556. The predicted octanol–water partition coefficient (Wildman–Crippen LogP) is -1.54. The van der Waals surface area contributed by atoms with Crippen molar-refractivity contribution in [3.8, 4) is 0 Å². The lowest BCUT2D eigenvalue weighted by molar-refractivity contribution is -0.0550. The Hall–Kier alpha value is -0.550. The van der Waals surface area contributed by atoms with Gasteiger partial charge in [0.25, 0.3) is 0 Å². The van der Waals surface area contributed by atoms with Crippen LogP contribution < -0.4 is 5.69 Å². The van der Waals surface area contributed by atoms with Gasteiger partial charge >= 0.3 is 5.69 Å². The fourth-order valence-electron chi connectivity index (χ4n) is 1.70. The molecule has 1 saturated heterocycles. The summed E-state index contributed by atoms with van der Waals surface area (Å²) < 4.78 is 7.02. The molecule has 3 N–H and O–H groups in total. The van der Waals surface area contributed by atoms with Crippen LogP contribution in [0.15, 0.2) is 17.2 Å². The molecule has 2 rings (SSSR count). The molecule has 0 saturated carbocycles. The van der Waals surface area contributed by atoms with Gasteiger partial charge in [0.05, 0.1) is 6.61 Å². The van der Waals surface area contributed by atoms with Crippen molar-refractivity contribution >= 4 is 22.6 Å². The number of halogens is 1. The summed E-state index contributed by atoms with van der Waals surface area (Å²) in [5, 5.41) is 28.3. The lowest BCUT2D eigenvalue weighted by Gasteiger charge is -2.16. The van der Waals surface area contributed by atoms with E-state index in [0.29, 0.717) is 3.57 Å². The molecule has 7 nitrogen and oxygen atoms in total. The average molecular weight is 354 g/mol. The largest absolute Gasteiger partial charge is 0.394 e. The Bertz CT molecular complexity index is 465. The molecule has 0 aromatic carbocycles. The van der Waals surface area contributed by atoms with Crippen LogP contribution in [0.3, 0.4) is 0 Å². The maximum absolute atomic E-state index is 11.5. The maximum Gasteiger partial charge on any atom is 0.349 e. The van der Waals surface area contributed by atoms with Crippen molar-refractivity contribution in [2.24, 2.45) is 0 Å². The van der Waals surface area contributed by atoms with Gasteiger partial charge in [0.1, 0.15) is 18.3 Å². The molecule has 94 valence electrons. The summed E-state index contributed by atoms with van der Waals surface area (Å²) in [6.45, 7) is -0.430. The normalized spacial score (nSPS) is 32.9. The number of ether oxygens (including phenoxy) is 1. The standard InChI is InChI=1S/C9H11IN2O5/c10-4-1-11-9(16)12(2-4)8-7(15)6(14)5(3-13)17-8/h1-2,5-8,13-15H,3H2. The highest BCUT2D eigenvalue weighted by Crippen LogP contribution is 2.28. The van der Waals surface area contributed by atoms with E-state index in [4.69, 9.17) is 9.84 Å². The van der Waals surface area contributed by atoms with E-state index in [1.165, 1.54) is 12.4 Å². The molecule has 1 fully saturated rings. The van der Waals surface area contributed by atoms with Crippen molar-refractivity contribution in [3.63, 3.8) is 0 Å². The first-order valence-electron chi connectivity index (χ1n) is 4.90. The Morgan fingerprint density at radius 3 is 2.76 bits per heavy atom. The molecule has 8 heteroatoms. The molecule has 4 unspecified atom stereocenters. The molecule has 2 heterocycles. The van der Waals surface area contributed by atoms with Crippen molar-refractivity contribution in [2.45, 2.75) is 24.5 Å². The third-order valence-electron chi connectivity index (χ3n) is 2.57. The first-order chi connectivity index (χ1) is 8.04. The van der Waals surface area contributed by atoms with Gasteiger partial charge in [0.2, 0.25) is 0 Å². The summed E-state index contributed by atoms with van der Waals surface area (Å²) in [5.41, 5.74) is -0.583. The molecule has 1 aliphatic heterocycles. The number of aliphatic hydroxyl groups is 3. The molecular formula is C9H11IN2O5. The van der Waals surface area contributed by atoms with E-state index in [0.717, 1.165) is 4.57 Å². The summed E-state index contributed by atoms with van der Waals surface area (Å²) in [6, 6.07) is 0. The zero-order chi connectivity index (χ0) is 12.6. The fraction of sp³-hybridized carbons (Fsp3) is 0.556. The van der Waals surface area contributed by atoms with Gasteiger partial charge in [-0.1, -0.05) is 0 Å². The van der Waals surface area contributed by atoms with Crippen molar-refractivity contribution in [1.82, 2.24) is 9.55 Å². The molecule has 0 bridgehead atoms. The molecule has 0 spiro atoms. The number of hydrogen-bond acceptors (Lipinski definition) is 6. The van der Waals surface area contributed by atoms with Crippen LogP contribution in [0.4, 0.5) is 0 Å². The molecule has 0 radical (unpaired) electrons. The highest BCUT2D eigenvalue weighted by molar-refractivity contribution is 14.1. The molecule has 4 atom stereocenters. The zero-order valence-electron chi connectivity index (χ0n) is 8.60. The molecule has 0 amide bonds. The van der Waals surface area contributed by atoms with Crippen molar-refractivity contribution in [1.29, 1.82) is 0 Å². The van der Waals surface area contributed by atoms with Gasteiger partial charge in [0.15, 0.2) is 6.23 Å². The zero-order valence-corrected chi connectivity index (χ0v) is 10.8. The maximum atomic E-state index is 11.5. The van der Waals surface area contributed by atoms with E-state index in [-0.39, 0.29) is 0 Å². The van der Waals surface area contributed by atoms with Gasteiger partial charge in [0, 0.05) is 16.0 Å². The second-order valence-corrected chi connectivity index (χ2v) is 4.94. The van der Waals surface area contributed by atoms with E-state index in [9.17, 15) is 15.0 Å². The minimum absolute atomic E-state index is 0.430. The number of rotatable bonds is 2. The van der Waals surface area contributed by atoms with Crippen molar-refractivity contribution < 1.29 is 20.1 Å². The average Bonchev–Trinajstić information content (AvgIpc) is 2.59. The smallest absolute Gasteiger partial charge is 0.349 e. The Morgan fingerprint density at radius 1 is 1.47 bits per heavy atom. The molecule has 1 aromatic heterocycles. The Labute approximate surface area is 110 Å². The second-order valence-electron chi connectivity index (χ2n) is 3.69. The highest BCUT2D eigenvalue weighted by Gasteiger charge is 2.43. The van der Waals surface area contributed by atoms with Crippen LogP contribution in [0.25, 0.3) is 0 Å².